The number of fused-ring (bicyclic) bond motifs is 1. The predicted octanol–water partition coefficient (Wildman–Crippen LogP) is 1.95. The SMILES string of the molecule is Cc1cnc(N2CC3CN(c4cc(-n5nc(C)cc5C)ncn4)CC3C2)nc1. The lowest BCUT2D eigenvalue weighted by atomic mass is 10.0. The van der Waals surface area contributed by atoms with Crippen molar-refractivity contribution in [1.82, 2.24) is 29.7 Å². The van der Waals surface area contributed by atoms with Gasteiger partial charge in [0.1, 0.15) is 12.1 Å². The Labute approximate surface area is 164 Å². The van der Waals surface area contributed by atoms with Gasteiger partial charge in [-0.15, -0.1) is 0 Å². The fourth-order valence-electron chi connectivity index (χ4n) is 4.38. The Bertz CT molecular complexity index is 982. The third kappa shape index (κ3) is 2.98. The Morgan fingerprint density at radius 1 is 0.786 bits per heavy atom. The minimum Gasteiger partial charge on any atom is -0.356 e. The smallest absolute Gasteiger partial charge is 0.225 e. The maximum atomic E-state index is 4.54. The lowest BCUT2D eigenvalue weighted by molar-refractivity contribution is 0.533. The number of nitrogens with zero attached hydrogens (tertiary/aromatic N) is 8. The Morgan fingerprint density at radius 3 is 2.07 bits per heavy atom. The molecular formula is C20H24N8. The van der Waals surface area contributed by atoms with Crippen LogP contribution in [0.5, 0.6) is 0 Å². The number of rotatable bonds is 3. The summed E-state index contributed by atoms with van der Waals surface area (Å²) < 4.78 is 1.88. The summed E-state index contributed by atoms with van der Waals surface area (Å²) in [5.41, 5.74) is 3.16. The van der Waals surface area contributed by atoms with Crippen LogP contribution >= 0.6 is 0 Å². The van der Waals surface area contributed by atoms with Crippen molar-refractivity contribution in [3.8, 4) is 5.82 Å². The van der Waals surface area contributed by atoms with Crippen LogP contribution in [-0.2, 0) is 0 Å². The minimum atomic E-state index is 0.608. The summed E-state index contributed by atoms with van der Waals surface area (Å²) in [5.74, 6) is 3.86. The minimum absolute atomic E-state index is 0.608. The molecule has 0 N–H and O–H groups in total. The summed E-state index contributed by atoms with van der Waals surface area (Å²) in [4.78, 5) is 22.6. The first-order chi connectivity index (χ1) is 13.6. The van der Waals surface area contributed by atoms with Gasteiger partial charge in [0.15, 0.2) is 5.82 Å². The number of anilines is 2. The van der Waals surface area contributed by atoms with Crippen molar-refractivity contribution in [1.29, 1.82) is 0 Å². The highest BCUT2D eigenvalue weighted by molar-refractivity contribution is 5.46. The molecule has 28 heavy (non-hydrogen) atoms. The highest BCUT2D eigenvalue weighted by Gasteiger charge is 2.41. The van der Waals surface area contributed by atoms with Crippen molar-refractivity contribution in [2.24, 2.45) is 11.8 Å². The summed E-state index contributed by atoms with van der Waals surface area (Å²) in [6.45, 7) is 10.1. The second-order valence-electron chi connectivity index (χ2n) is 7.96. The second kappa shape index (κ2) is 6.54. The first kappa shape index (κ1) is 17.1. The number of hydrogen-bond acceptors (Lipinski definition) is 7. The van der Waals surface area contributed by atoms with Crippen molar-refractivity contribution in [3.63, 3.8) is 0 Å². The lowest BCUT2D eigenvalue weighted by Crippen LogP contribution is -2.30. The standard InChI is InChI=1S/C20H24N8/c1-13-6-21-20(22-7-13)27-10-16-8-26(9-17(16)11-27)18-5-19(24-12-23-18)28-15(3)4-14(2)25-28/h4-7,12,16-17H,8-11H2,1-3H3. The van der Waals surface area contributed by atoms with Crippen LogP contribution in [0.15, 0.2) is 30.9 Å². The van der Waals surface area contributed by atoms with Crippen molar-refractivity contribution in [3.05, 3.63) is 47.8 Å². The number of aromatic nitrogens is 6. The van der Waals surface area contributed by atoms with Gasteiger partial charge in [0.05, 0.1) is 5.69 Å². The fourth-order valence-corrected chi connectivity index (χ4v) is 4.38. The van der Waals surface area contributed by atoms with Crippen LogP contribution < -0.4 is 9.80 Å². The van der Waals surface area contributed by atoms with Crippen molar-refractivity contribution in [2.45, 2.75) is 20.8 Å². The van der Waals surface area contributed by atoms with Crippen molar-refractivity contribution in [2.75, 3.05) is 36.0 Å². The van der Waals surface area contributed by atoms with Gasteiger partial charge >= 0.3 is 0 Å². The normalized spacial score (nSPS) is 21.4. The molecule has 5 rings (SSSR count). The first-order valence-corrected chi connectivity index (χ1v) is 9.71. The second-order valence-corrected chi connectivity index (χ2v) is 7.96. The van der Waals surface area contributed by atoms with E-state index in [0.717, 1.165) is 60.7 Å². The van der Waals surface area contributed by atoms with Gasteiger partial charge in [0.25, 0.3) is 0 Å². The molecular weight excluding hydrogens is 352 g/mol. The molecule has 0 aliphatic carbocycles. The van der Waals surface area contributed by atoms with Crippen LogP contribution in [0.2, 0.25) is 0 Å². The molecule has 2 fully saturated rings. The molecule has 2 atom stereocenters. The summed E-state index contributed by atoms with van der Waals surface area (Å²) in [6, 6.07) is 4.10. The fraction of sp³-hybridized carbons (Fsp3) is 0.450. The summed E-state index contributed by atoms with van der Waals surface area (Å²) in [6.07, 6.45) is 5.43. The molecule has 0 bridgehead atoms. The number of aryl methyl sites for hydroxylation is 3. The van der Waals surface area contributed by atoms with Crippen LogP contribution in [-0.4, -0.2) is 55.9 Å². The molecule has 8 nitrogen and oxygen atoms in total. The van der Waals surface area contributed by atoms with Gasteiger partial charge in [-0.2, -0.15) is 5.10 Å². The topological polar surface area (TPSA) is 75.9 Å². The van der Waals surface area contributed by atoms with Gasteiger partial charge in [0, 0.05) is 62.2 Å². The van der Waals surface area contributed by atoms with Crippen LogP contribution in [0.3, 0.4) is 0 Å². The molecule has 0 radical (unpaired) electrons. The Morgan fingerprint density at radius 2 is 1.43 bits per heavy atom. The van der Waals surface area contributed by atoms with E-state index in [1.54, 1.807) is 6.33 Å². The zero-order valence-electron chi connectivity index (χ0n) is 16.4. The van der Waals surface area contributed by atoms with Crippen LogP contribution in [0, 0.1) is 32.6 Å². The third-order valence-electron chi connectivity index (χ3n) is 5.73. The van der Waals surface area contributed by atoms with Gasteiger partial charge < -0.3 is 9.80 Å². The summed E-state index contributed by atoms with van der Waals surface area (Å²) in [5, 5.41) is 4.54. The molecule has 0 amide bonds. The Hall–Kier alpha value is -3.03. The zero-order valence-corrected chi connectivity index (χ0v) is 16.4. The van der Waals surface area contributed by atoms with E-state index in [1.807, 2.05) is 43.9 Å². The molecule has 0 spiro atoms. The molecule has 3 aromatic rings. The maximum absolute atomic E-state index is 4.54. The molecule has 0 aromatic carbocycles. The van der Waals surface area contributed by atoms with Crippen LogP contribution in [0.25, 0.3) is 5.82 Å². The van der Waals surface area contributed by atoms with E-state index in [0.29, 0.717) is 11.8 Å². The molecule has 2 unspecified atom stereocenters. The van der Waals surface area contributed by atoms with E-state index in [-0.39, 0.29) is 0 Å². The van der Waals surface area contributed by atoms with E-state index in [4.69, 9.17) is 0 Å². The largest absolute Gasteiger partial charge is 0.356 e. The van der Waals surface area contributed by atoms with E-state index >= 15 is 0 Å². The third-order valence-corrected chi connectivity index (χ3v) is 5.73. The molecule has 2 saturated heterocycles. The van der Waals surface area contributed by atoms with Gasteiger partial charge in [0.2, 0.25) is 5.95 Å². The molecule has 3 aromatic heterocycles. The Kier molecular flexibility index (Phi) is 3.99. The quantitative estimate of drug-likeness (QED) is 0.691. The van der Waals surface area contributed by atoms with E-state index in [9.17, 15) is 0 Å². The Balaban J connectivity index is 1.31. The van der Waals surface area contributed by atoms with Crippen LogP contribution in [0.1, 0.15) is 17.0 Å². The van der Waals surface area contributed by atoms with Gasteiger partial charge in [-0.05, 0) is 32.4 Å². The lowest BCUT2D eigenvalue weighted by Gasteiger charge is -2.22. The number of hydrogen-bond donors (Lipinski definition) is 0. The monoisotopic (exact) mass is 376 g/mol. The molecule has 0 saturated carbocycles. The summed E-state index contributed by atoms with van der Waals surface area (Å²) in [7, 11) is 0. The van der Waals surface area contributed by atoms with E-state index in [1.165, 1.54) is 0 Å². The predicted molar refractivity (Wildman–Crippen MR) is 107 cm³/mol. The molecule has 8 heteroatoms. The summed E-state index contributed by atoms with van der Waals surface area (Å²) >= 11 is 0. The molecule has 5 heterocycles. The molecule has 144 valence electrons. The highest BCUT2D eigenvalue weighted by atomic mass is 15.3. The zero-order chi connectivity index (χ0) is 19.3. The van der Waals surface area contributed by atoms with Gasteiger partial charge in [-0.25, -0.2) is 24.6 Å². The van der Waals surface area contributed by atoms with Gasteiger partial charge in [-0.3, -0.25) is 0 Å². The average molecular weight is 376 g/mol. The van der Waals surface area contributed by atoms with E-state index in [2.05, 4.69) is 40.9 Å². The maximum Gasteiger partial charge on any atom is 0.225 e. The average Bonchev–Trinajstić information content (AvgIpc) is 3.35. The van der Waals surface area contributed by atoms with Crippen LogP contribution in [0.4, 0.5) is 11.8 Å². The molecule has 2 aliphatic rings. The molecule has 2 aliphatic heterocycles. The van der Waals surface area contributed by atoms with Crippen molar-refractivity contribution >= 4 is 11.8 Å². The first-order valence-electron chi connectivity index (χ1n) is 9.71. The van der Waals surface area contributed by atoms with E-state index < -0.39 is 0 Å². The highest BCUT2D eigenvalue weighted by Crippen LogP contribution is 2.34. The van der Waals surface area contributed by atoms with Crippen molar-refractivity contribution < 1.29 is 0 Å². The van der Waals surface area contributed by atoms with Gasteiger partial charge in [-0.1, -0.05) is 0 Å².